The highest BCUT2D eigenvalue weighted by Crippen LogP contribution is 2.34. The number of methoxy groups -OCH3 is 2. The number of aromatic amines is 1. The molecule has 3 aromatic rings. The number of rotatable bonds is 6. The molecular weight excluding hydrogens is 380 g/mol. The lowest BCUT2D eigenvalue weighted by Crippen LogP contribution is -2.34. The standard InChI is InChI=1S/C23H26N4O3/c1-29-18-7-6-17(21(13-18)30-2)15-27-12-4-3-5-20(27)19-14-22(28)26-23(25-19)16-8-10-24-11-9-16/h6-11,13-14,20H,3-5,12,15H2,1-2H3,(H,25,26,28)/t20-/m1/s1. The Balaban J connectivity index is 1.65. The fourth-order valence-electron chi connectivity index (χ4n) is 4.01. The molecule has 1 aliphatic rings. The van der Waals surface area contributed by atoms with Crippen LogP contribution in [0.3, 0.4) is 0 Å². The lowest BCUT2D eigenvalue weighted by atomic mass is 9.98. The zero-order valence-corrected chi connectivity index (χ0v) is 17.3. The fourth-order valence-corrected chi connectivity index (χ4v) is 4.01. The van der Waals surface area contributed by atoms with Gasteiger partial charge in [0.25, 0.3) is 5.56 Å². The van der Waals surface area contributed by atoms with Crippen LogP contribution in [-0.2, 0) is 6.54 Å². The molecule has 0 unspecified atom stereocenters. The van der Waals surface area contributed by atoms with Crippen LogP contribution in [0.4, 0.5) is 0 Å². The van der Waals surface area contributed by atoms with E-state index in [2.05, 4.69) is 14.9 Å². The van der Waals surface area contributed by atoms with Crippen LogP contribution in [0.5, 0.6) is 11.5 Å². The molecule has 0 bridgehead atoms. The minimum absolute atomic E-state index is 0.0773. The van der Waals surface area contributed by atoms with E-state index in [0.29, 0.717) is 5.82 Å². The lowest BCUT2D eigenvalue weighted by molar-refractivity contribution is 0.136. The number of likely N-dealkylation sites (tertiary alicyclic amines) is 1. The van der Waals surface area contributed by atoms with Gasteiger partial charge in [0.15, 0.2) is 0 Å². The summed E-state index contributed by atoms with van der Waals surface area (Å²) in [4.78, 5) is 26.5. The van der Waals surface area contributed by atoms with Crippen molar-refractivity contribution in [3.63, 3.8) is 0 Å². The van der Waals surface area contributed by atoms with E-state index >= 15 is 0 Å². The van der Waals surface area contributed by atoms with Gasteiger partial charge in [0.1, 0.15) is 17.3 Å². The van der Waals surface area contributed by atoms with Crippen molar-refractivity contribution in [2.45, 2.75) is 31.8 Å². The molecule has 0 saturated carbocycles. The zero-order valence-electron chi connectivity index (χ0n) is 17.3. The summed E-state index contributed by atoms with van der Waals surface area (Å²) >= 11 is 0. The molecule has 0 radical (unpaired) electrons. The van der Waals surface area contributed by atoms with Gasteiger partial charge < -0.3 is 14.5 Å². The van der Waals surface area contributed by atoms with Gasteiger partial charge >= 0.3 is 0 Å². The van der Waals surface area contributed by atoms with Gasteiger partial charge in [0.2, 0.25) is 0 Å². The summed E-state index contributed by atoms with van der Waals surface area (Å²) in [6, 6.07) is 11.3. The largest absolute Gasteiger partial charge is 0.497 e. The fraction of sp³-hybridized carbons (Fsp3) is 0.348. The Kier molecular flexibility index (Phi) is 6.09. The molecule has 156 valence electrons. The van der Waals surface area contributed by atoms with Crippen molar-refractivity contribution in [3.8, 4) is 22.9 Å². The van der Waals surface area contributed by atoms with Gasteiger partial charge in [-0.05, 0) is 37.6 Å². The molecule has 1 aliphatic heterocycles. The summed E-state index contributed by atoms with van der Waals surface area (Å²) in [7, 11) is 3.32. The minimum atomic E-state index is -0.139. The predicted octanol–water partition coefficient (Wildman–Crippen LogP) is 3.58. The Morgan fingerprint density at radius 1 is 1.10 bits per heavy atom. The number of aromatic nitrogens is 3. The van der Waals surface area contributed by atoms with Crippen LogP contribution in [0, 0.1) is 0 Å². The molecule has 1 saturated heterocycles. The van der Waals surface area contributed by atoms with Crippen molar-refractivity contribution in [1.29, 1.82) is 0 Å². The molecule has 3 heterocycles. The number of pyridine rings is 1. The number of piperidine rings is 1. The van der Waals surface area contributed by atoms with Crippen LogP contribution >= 0.6 is 0 Å². The van der Waals surface area contributed by atoms with Crippen molar-refractivity contribution >= 4 is 0 Å². The topological polar surface area (TPSA) is 80.3 Å². The molecule has 1 N–H and O–H groups in total. The summed E-state index contributed by atoms with van der Waals surface area (Å²) in [5, 5.41) is 0. The van der Waals surface area contributed by atoms with Gasteiger partial charge in [-0.1, -0.05) is 12.5 Å². The number of benzene rings is 1. The van der Waals surface area contributed by atoms with Crippen molar-refractivity contribution in [3.05, 3.63) is 70.4 Å². The molecule has 2 aromatic heterocycles. The van der Waals surface area contributed by atoms with Crippen molar-refractivity contribution in [2.24, 2.45) is 0 Å². The summed E-state index contributed by atoms with van der Waals surface area (Å²) in [6.45, 7) is 1.66. The van der Waals surface area contributed by atoms with E-state index < -0.39 is 0 Å². The van der Waals surface area contributed by atoms with Gasteiger partial charge in [0.05, 0.1) is 26.0 Å². The van der Waals surface area contributed by atoms with Crippen molar-refractivity contribution in [2.75, 3.05) is 20.8 Å². The van der Waals surface area contributed by atoms with E-state index in [1.54, 1.807) is 32.7 Å². The monoisotopic (exact) mass is 406 g/mol. The molecule has 0 spiro atoms. The van der Waals surface area contributed by atoms with E-state index in [9.17, 15) is 4.79 Å². The normalized spacial score (nSPS) is 16.9. The second kappa shape index (κ2) is 9.09. The number of hydrogen-bond acceptors (Lipinski definition) is 6. The van der Waals surface area contributed by atoms with Gasteiger partial charge in [-0.25, -0.2) is 4.98 Å². The smallest absolute Gasteiger partial charge is 0.251 e. The summed E-state index contributed by atoms with van der Waals surface area (Å²) in [6.07, 6.45) is 6.59. The van der Waals surface area contributed by atoms with Crippen LogP contribution in [0.25, 0.3) is 11.4 Å². The maximum absolute atomic E-state index is 12.4. The third kappa shape index (κ3) is 4.36. The van der Waals surface area contributed by atoms with Gasteiger partial charge in [0, 0.05) is 42.2 Å². The van der Waals surface area contributed by atoms with Crippen molar-refractivity contribution < 1.29 is 9.47 Å². The highest BCUT2D eigenvalue weighted by atomic mass is 16.5. The van der Waals surface area contributed by atoms with E-state index in [1.807, 2.05) is 30.3 Å². The van der Waals surface area contributed by atoms with Crippen LogP contribution < -0.4 is 15.0 Å². The average Bonchev–Trinajstić information content (AvgIpc) is 2.80. The molecule has 4 rings (SSSR count). The van der Waals surface area contributed by atoms with E-state index in [4.69, 9.17) is 14.5 Å². The Morgan fingerprint density at radius 3 is 2.70 bits per heavy atom. The molecule has 0 amide bonds. The molecule has 1 aromatic carbocycles. The summed E-state index contributed by atoms with van der Waals surface area (Å²) in [5.41, 5.74) is 2.60. The lowest BCUT2D eigenvalue weighted by Gasteiger charge is -2.35. The number of H-pyrrole nitrogens is 1. The minimum Gasteiger partial charge on any atom is -0.497 e. The van der Waals surface area contributed by atoms with Gasteiger partial charge in [-0.2, -0.15) is 0 Å². The maximum Gasteiger partial charge on any atom is 0.251 e. The number of nitrogens with zero attached hydrogens (tertiary/aromatic N) is 3. The highest BCUT2D eigenvalue weighted by molar-refractivity contribution is 5.53. The highest BCUT2D eigenvalue weighted by Gasteiger charge is 2.27. The Morgan fingerprint density at radius 2 is 1.93 bits per heavy atom. The number of hydrogen-bond donors (Lipinski definition) is 1. The maximum atomic E-state index is 12.4. The third-order valence-corrected chi connectivity index (χ3v) is 5.54. The summed E-state index contributed by atoms with van der Waals surface area (Å²) in [5.74, 6) is 2.14. The number of ether oxygens (including phenoxy) is 2. The quantitative estimate of drug-likeness (QED) is 0.674. The molecule has 7 nitrogen and oxygen atoms in total. The van der Waals surface area contributed by atoms with Crippen LogP contribution in [0.2, 0.25) is 0 Å². The SMILES string of the molecule is COc1ccc(CN2CCCC[C@@H]2c2cc(=O)[nH]c(-c3ccncc3)n2)c(OC)c1. The zero-order chi connectivity index (χ0) is 20.9. The first-order valence-corrected chi connectivity index (χ1v) is 10.1. The molecular formula is C23H26N4O3. The van der Waals surface area contributed by atoms with Gasteiger partial charge in [-0.3, -0.25) is 14.7 Å². The second-order valence-electron chi connectivity index (χ2n) is 7.41. The first-order chi connectivity index (χ1) is 14.7. The van der Waals surface area contributed by atoms with E-state index in [-0.39, 0.29) is 11.6 Å². The Hall–Kier alpha value is -3.19. The molecule has 30 heavy (non-hydrogen) atoms. The van der Waals surface area contributed by atoms with Gasteiger partial charge in [-0.15, -0.1) is 0 Å². The first-order valence-electron chi connectivity index (χ1n) is 10.1. The molecule has 1 atom stereocenters. The number of nitrogens with one attached hydrogen (secondary N) is 1. The van der Waals surface area contributed by atoms with Crippen LogP contribution in [-0.4, -0.2) is 40.6 Å². The molecule has 1 fully saturated rings. The predicted molar refractivity (Wildman–Crippen MR) is 115 cm³/mol. The Labute approximate surface area is 175 Å². The first kappa shape index (κ1) is 20.1. The molecule has 7 heteroatoms. The third-order valence-electron chi connectivity index (χ3n) is 5.54. The van der Waals surface area contributed by atoms with E-state index in [0.717, 1.165) is 60.7 Å². The van der Waals surface area contributed by atoms with Crippen LogP contribution in [0.1, 0.15) is 36.6 Å². The van der Waals surface area contributed by atoms with E-state index in [1.165, 1.54) is 0 Å². The van der Waals surface area contributed by atoms with Crippen LogP contribution in [0.15, 0.2) is 53.6 Å². The van der Waals surface area contributed by atoms with Crippen molar-refractivity contribution in [1.82, 2.24) is 19.9 Å². The summed E-state index contributed by atoms with van der Waals surface area (Å²) < 4.78 is 10.9. The molecule has 0 aliphatic carbocycles. The average molecular weight is 406 g/mol. The Bertz CT molecular complexity index is 1050. The second-order valence-corrected chi connectivity index (χ2v) is 7.41.